The molecular formula is C20H27OPSi. The highest BCUT2D eigenvalue weighted by Gasteiger charge is 2.28. The minimum absolute atomic E-state index is 0.538. The zero-order chi connectivity index (χ0) is 16.9. The van der Waals surface area contributed by atoms with Crippen LogP contribution in [-0.4, -0.2) is 14.7 Å². The van der Waals surface area contributed by atoms with E-state index in [-0.39, 0.29) is 0 Å². The van der Waals surface area contributed by atoms with E-state index in [0.29, 0.717) is 0 Å². The number of benzene rings is 2. The van der Waals surface area contributed by atoms with Crippen molar-refractivity contribution < 1.29 is 4.74 Å². The minimum Gasteiger partial charge on any atom is -0.503 e. The maximum absolute atomic E-state index is 6.15. The van der Waals surface area contributed by atoms with Crippen molar-refractivity contribution in [3.63, 3.8) is 0 Å². The van der Waals surface area contributed by atoms with Crippen molar-refractivity contribution in [2.75, 3.05) is 6.61 Å². The predicted molar refractivity (Wildman–Crippen MR) is 107 cm³/mol. The van der Waals surface area contributed by atoms with Gasteiger partial charge in [0, 0.05) is 0 Å². The molecule has 0 N–H and O–H groups in total. The molecule has 0 heterocycles. The van der Waals surface area contributed by atoms with E-state index in [1.165, 1.54) is 21.3 Å². The van der Waals surface area contributed by atoms with Gasteiger partial charge in [-0.3, -0.25) is 0 Å². The molecule has 0 spiro atoms. The molecule has 0 unspecified atom stereocenters. The Bertz CT molecular complexity index is 605. The molecule has 3 heteroatoms. The molecule has 0 radical (unpaired) electrons. The van der Waals surface area contributed by atoms with E-state index in [4.69, 9.17) is 4.74 Å². The Labute approximate surface area is 143 Å². The molecule has 0 atom stereocenters. The molecular weight excluding hydrogens is 315 g/mol. The predicted octanol–water partition coefficient (Wildman–Crippen LogP) is 5.26. The average molecular weight is 342 g/mol. The first-order valence-corrected chi connectivity index (χ1v) is 13.0. The fourth-order valence-corrected chi connectivity index (χ4v) is 8.09. The van der Waals surface area contributed by atoms with Crippen LogP contribution in [0.2, 0.25) is 19.6 Å². The summed E-state index contributed by atoms with van der Waals surface area (Å²) in [6, 6.07) is 21.7. The largest absolute Gasteiger partial charge is 0.503 e. The van der Waals surface area contributed by atoms with Crippen LogP contribution in [0.5, 0.6) is 0 Å². The number of allylic oxidation sites excluding steroid dienone is 1. The lowest BCUT2D eigenvalue weighted by Gasteiger charge is -2.28. The first-order valence-electron chi connectivity index (χ1n) is 8.19. The van der Waals surface area contributed by atoms with Gasteiger partial charge in [0.05, 0.1) is 12.0 Å². The lowest BCUT2D eigenvalue weighted by atomic mass is 10.4. The third-order valence-corrected chi connectivity index (χ3v) is 8.26. The van der Waals surface area contributed by atoms with Crippen molar-refractivity contribution in [1.82, 2.24) is 0 Å². The molecule has 0 saturated heterocycles. The Balaban J connectivity index is 2.62. The number of ether oxygens (including phenoxy) is 1. The van der Waals surface area contributed by atoms with E-state index >= 15 is 0 Å². The van der Waals surface area contributed by atoms with Crippen molar-refractivity contribution in [1.29, 1.82) is 0 Å². The van der Waals surface area contributed by atoms with E-state index in [2.05, 4.69) is 94.2 Å². The first kappa shape index (κ1) is 18.0. The summed E-state index contributed by atoms with van der Waals surface area (Å²) in [5.74, 6) is 0. The maximum atomic E-state index is 6.15. The van der Waals surface area contributed by atoms with Crippen LogP contribution in [0.4, 0.5) is 0 Å². The van der Waals surface area contributed by atoms with Crippen LogP contribution in [0.15, 0.2) is 71.4 Å². The van der Waals surface area contributed by atoms with Gasteiger partial charge in [-0.1, -0.05) is 80.3 Å². The summed E-state index contributed by atoms with van der Waals surface area (Å²) in [5.41, 5.74) is 0. The van der Waals surface area contributed by atoms with E-state index in [1.54, 1.807) is 0 Å². The summed E-state index contributed by atoms with van der Waals surface area (Å²) in [5, 5.41) is 5.46. The van der Waals surface area contributed by atoms with Gasteiger partial charge in [-0.05, 0) is 37.7 Å². The Morgan fingerprint density at radius 2 is 1.30 bits per heavy atom. The van der Waals surface area contributed by atoms with Crippen molar-refractivity contribution in [3.8, 4) is 0 Å². The van der Waals surface area contributed by atoms with Crippen LogP contribution >= 0.6 is 7.92 Å². The van der Waals surface area contributed by atoms with Gasteiger partial charge >= 0.3 is 0 Å². The number of hydrogen-bond donors (Lipinski definition) is 0. The molecule has 0 aromatic heterocycles. The lowest BCUT2D eigenvalue weighted by Crippen LogP contribution is -2.28. The highest BCUT2D eigenvalue weighted by molar-refractivity contribution is 7.76. The van der Waals surface area contributed by atoms with Crippen molar-refractivity contribution in [2.45, 2.75) is 33.5 Å². The minimum atomic E-state index is -1.53. The van der Waals surface area contributed by atoms with Gasteiger partial charge in [0.1, 0.15) is 8.07 Å². The van der Waals surface area contributed by atoms with Gasteiger partial charge < -0.3 is 4.74 Å². The third kappa shape index (κ3) is 4.56. The Morgan fingerprint density at radius 3 is 1.65 bits per heavy atom. The normalized spacial score (nSPS) is 13.0. The van der Waals surface area contributed by atoms with Gasteiger partial charge in [-0.25, -0.2) is 0 Å². The summed E-state index contributed by atoms with van der Waals surface area (Å²) < 4.78 is 6.15. The van der Waals surface area contributed by atoms with Gasteiger partial charge in [-0.2, -0.15) is 0 Å². The molecule has 0 aliphatic carbocycles. The van der Waals surface area contributed by atoms with E-state index in [0.717, 1.165) is 6.61 Å². The molecule has 0 saturated carbocycles. The second kappa shape index (κ2) is 7.94. The second-order valence-corrected chi connectivity index (χ2v) is 13.9. The Kier molecular flexibility index (Phi) is 6.21. The van der Waals surface area contributed by atoms with Gasteiger partial charge in [0.15, 0.2) is 0 Å². The standard InChI is InChI=1S/C20H27OPSi/c1-6-21-20(23(3,4)5)17(2)22(18-13-9-7-10-14-18)19-15-11-8-12-16-19/h7-16H,6H2,1-5H3/b20-17+. The SMILES string of the molecule is CCO/C(=C(/C)P(c1ccccc1)c1ccccc1)[Si](C)(C)C. The third-order valence-electron chi connectivity index (χ3n) is 3.66. The van der Waals surface area contributed by atoms with Gasteiger partial charge in [0.25, 0.3) is 0 Å². The van der Waals surface area contributed by atoms with Crippen LogP contribution in [0.25, 0.3) is 0 Å². The lowest BCUT2D eigenvalue weighted by molar-refractivity contribution is 0.249. The molecule has 0 aliphatic heterocycles. The maximum Gasteiger partial charge on any atom is 0.122 e. The molecule has 0 aliphatic rings. The summed E-state index contributed by atoms with van der Waals surface area (Å²) >= 11 is 0. The molecule has 0 fully saturated rings. The van der Waals surface area contributed by atoms with E-state index in [9.17, 15) is 0 Å². The van der Waals surface area contributed by atoms with E-state index < -0.39 is 16.0 Å². The van der Waals surface area contributed by atoms with Crippen molar-refractivity contribution in [2.24, 2.45) is 0 Å². The van der Waals surface area contributed by atoms with Crippen LogP contribution < -0.4 is 10.6 Å². The number of hydrogen-bond acceptors (Lipinski definition) is 1. The zero-order valence-corrected chi connectivity index (χ0v) is 16.7. The monoisotopic (exact) mass is 342 g/mol. The highest BCUT2D eigenvalue weighted by Crippen LogP contribution is 2.45. The molecule has 0 amide bonds. The molecule has 2 aromatic carbocycles. The molecule has 2 aromatic rings. The van der Waals surface area contributed by atoms with Crippen LogP contribution in [0.1, 0.15) is 13.8 Å². The van der Waals surface area contributed by atoms with Crippen molar-refractivity contribution >= 4 is 26.6 Å². The quantitative estimate of drug-likeness (QED) is 0.395. The fourth-order valence-electron chi connectivity index (χ4n) is 2.80. The molecule has 1 nitrogen and oxygen atoms in total. The Hall–Kier alpha value is -1.37. The topological polar surface area (TPSA) is 9.23 Å². The molecule has 122 valence electrons. The van der Waals surface area contributed by atoms with Crippen molar-refractivity contribution in [3.05, 3.63) is 71.4 Å². The Morgan fingerprint density at radius 1 is 0.870 bits per heavy atom. The summed E-state index contributed by atoms with van der Waals surface area (Å²) in [4.78, 5) is 0. The first-order chi connectivity index (χ1) is 10.9. The van der Waals surface area contributed by atoms with Crippen LogP contribution in [0.3, 0.4) is 0 Å². The van der Waals surface area contributed by atoms with Crippen LogP contribution in [0, 0.1) is 0 Å². The zero-order valence-electron chi connectivity index (χ0n) is 14.8. The van der Waals surface area contributed by atoms with Gasteiger partial charge in [0.2, 0.25) is 0 Å². The highest BCUT2D eigenvalue weighted by atomic mass is 31.1. The van der Waals surface area contributed by atoms with E-state index in [1.807, 2.05) is 0 Å². The molecule has 0 bridgehead atoms. The fraction of sp³-hybridized carbons (Fsp3) is 0.300. The van der Waals surface area contributed by atoms with Gasteiger partial charge in [-0.15, -0.1) is 0 Å². The number of rotatable bonds is 6. The summed E-state index contributed by atoms with van der Waals surface area (Å²) in [6.45, 7) is 12.2. The summed E-state index contributed by atoms with van der Waals surface area (Å²) in [7, 11) is -2.06. The smallest absolute Gasteiger partial charge is 0.122 e. The van der Waals surface area contributed by atoms with Crippen LogP contribution in [-0.2, 0) is 4.74 Å². The molecule has 23 heavy (non-hydrogen) atoms. The average Bonchev–Trinajstić information content (AvgIpc) is 2.53. The molecule has 2 rings (SSSR count). The second-order valence-electron chi connectivity index (χ2n) is 6.60. The summed E-state index contributed by atoms with van der Waals surface area (Å²) in [6.07, 6.45) is 0.